The zero-order valence-electron chi connectivity index (χ0n) is 13.7. The highest BCUT2D eigenvalue weighted by Gasteiger charge is 2.08. The number of hydrogen-bond donors (Lipinski definition) is 1. The monoisotopic (exact) mass is 369 g/mol. The van der Waals surface area contributed by atoms with Crippen LogP contribution in [0.3, 0.4) is 0 Å². The first-order valence-corrected chi connectivity index (χ1v) is 9.94. The lowest BCUT2D eigenvalue weighted by Crippen LogP contribution is -2.11. The maximum Gasteiger partial charge on any atom is 0.226 e. The van der Waals surface area contributed by atoms with Crippen molar-refractivity contribution in [2.75, 3.05) is 5.32 Å². The van der Waals surface area contributed by atoms with Crippen LogP contribution >= 0.6 is 23.1 Å². The van der Waals surface area contributed by atoms with E-state index in [1.807, 2.05) is 36.4 Å². The van der Waals surface area contributed by atoms with Gasteiger partial charge in [0.2, 0.25) is 11.0 Å². The van der Waals surface area contributed by atoms with Crippen molar-refractivity contribution in [1.82, 2.24) is 10.2 Å². The van der Waals surface area contributed by atoms with E-state index in [1.54, 1.807) is 11.8 Å². The van der Waals surface area contributed by atoms with Crippen molar-refractivity contribution in [2.24, 2.45) is 0 Å². The second-order valence-corrected chi connectivity index (χ2v) is 7.60. The van der Waals surface area contributed by atoms with Gasteiger partial charge in [0, 0.05) is 11.3 Å². The fraction of sp³-hybridized carbons (Fsp3) is 0.211. The molecule has 4 nitrogen and oxygen atoms in total. The molecule has 6 heteroatoms. The third-order valence-electron chi connectivity index (χ3n) is 3.53. The first-order valence-electron chi connectivity index (χ1n) is 8.13. The summed E-state index contributed by atoms with van der Waals surface area (Å²) < 4.78 is 0. The predicted molar refractivity (Wildman–Crippen MR) is 104 cm³/mol. The molecule has 0 atom stereocenters. The molecule has 25 heavy (non-hydrogen) atoms. The van der Waals surface area contributed by atoms with Crippen molar-refractivity contribution in [1.29, 1.82) is 0 Å². The topological polar surface area (TPSA) is 54.9 Å². The number of rotatable bonds is 8. The summed E-state index contributed by atoms with van der Waals surface area (Å²) in [5, 5.41) is 12.5. The van der Waals surface area contributed by atoms with Crippen LogP contribution in [-0.2, 0) is 17.0 Å². The predicted octanol–water partition coefficient (Wildman–Crippen LogP) is 4.79. The van der Waals surface area contributed by atoms with Crippen LogP contribution in [-0.4, -0.2) is 16.1 Å². The fourth-order valence-electron chi connectivity index (χ4n) is 2.30. The van der Waals surface area contributed by atoms with Crippen LogP contribution in [0.2, 0.25) is 0 Å². The van der Waals surface area contributed by atoms with Crippen molar-refractivity contribution in [3.8, 4) is 0 Å². The lowest BCUT2D eigenvalue weighted by molar-refractivity contribution is -0.116. The second-order valence-electron chi connectivity index (χ2n) is 5.49. The van der Waals surface area contributed by atoms with Gasteiger partial charge in [0.25, 0.3) is 0 Å². The largest absolute Gasteiger partial charge is 0.301 e. The Balaban J connectivity index is 1.40. The molecule has 0 saturated heterocycles. The van der Waals surface area contributed by atoms with Gasteiger partial charge in [-0.05, 0) is 30.5 Å². The van der Waals surface area contributed by atoms with Gasteiger partial charge in [-0.1, -0.05) is 59.9 Å². The molecule has 0 aliphatic carbocycles. The highest BCUT2D eigenvalue weighted by atomic mass is 32.2. The molecular formula is C19H19N3OS2. The molecule has 0 saturated carbocycles. The smallest absolute Gasteiger partial charge is 0.226 e. The number of carbonyl (C=O) groups is 1. The summed E-state index contributed by atoms with van der Waals surface area (Å²) in [6, 6.07) is 20.4. The second kappa shape index (κ2) is 9.34. The van der Waals surface area contributed by atoms with Gasteiger partial charge in [-0.25, -0.2) is 0 Å². The molecule has 0 bridgehead atoms. The number of thioether (sulfide) groups is 1. The number of aromatic nitrogens is 2. The fourth-order valence-corrected chi connectivity index (χ4v) is 3.97. The Hall–Kier alpha value is -2.18. The van der Waals surface area contributed by atoms with Crippen LogP contribution in [0.15, 0.2) is 65.6 Å². The van der Waals surface area contributed by atoms with Crippen LogP contribution in [0.4, 0.5) is 5.13 Å². The summed E-state index contributed by atoms with van der Waals surface area (Å²) in [6.07, 6.45) is 2.22. The van der Waals surface area contributed by atoms with E-state index in [1.165, 1.54) is 21.8 Å². The van der Waals surface area contributed by atoms with Crippen LogP contribution in [0.1, 0.15) is 23.4 Å². The van der Waals surface area contributed by atoms with Gasteiger partial charge in [-0.2, -0.15) is 0 Å². The number of carbonyl (C=O) groups excluding carboxylic acids is 1. The van der Waals surface area contributed by atoms with Crippen molar-refractivity contribution < 1.29 is 4.79 Å². The van der Waals surface area contributed by atoms with Gasteiger partial charge in [0.05, 0.1) is 5.75 Å². The number of nitrogens with one attached hydrogen (secondary N) is 1. The third-order valence-corrected chi connectivity index (χ3v) is 5.58. The summed E-state index contributed by atoms with van der Waals surface area (Å²) in [7, 11) is 0. The molecule has 0 spiro atoms. The van der Waals surface area contributed by atoms with Crippen molar-refractivity contribution in [3.63, 3.8) is 0 Å². The van der Waals surface area contributed by atoms with Gasteiger partial charge >= 0.3 is 0 Å². The first-order chi connectivity index (χ1) is 12.3. The molecule has 0 fully saturated rings. The van der Waals surface area contributed by atoms with E-state index in [2.05, 4.69) is 39.8 Å². The maximum absolute atomic E-state index is 12.0. The van der Waals surface area contributed by atoms with E-state index in [4.69, 9.17) is 0 Å². The Kier molecular flexibility index (Phi) is 6.59. The van der Waals surface area contributed by atoms with E-state index in [-0.39, 0.29) is 5.91 Å². The minimum absolute atomic E-state index is 0.00524. The van der Waals surface area contributed by atoms with Crippen molar-refractivity contribution in [2.45, 2.75) is 29.9 Å². The lowest BCUT2D eigenvalue weighted by atomic mass is 10.1. The lowest BCUT2D eigenvalue weighted by Gasteiger charge is -2.02. The number of nitrogens with zero attached hydrogens (tertiary/aromatic N) is 2. The van der Waals surface area contributed by atoms with Crippen LogP contribution in [0.5, 0.6) is 0 Å². The van der Waals surface area contributed by atoms with E-state index < -0.39 is 0 Å². The van der Waals surface area contributed by atoms with Crippen LogP contribution < -0.4 is 5.32 Å². The van der Waals surface area contributed by atoms with Gasteiger partial charge in [0.1, 0.15) is 5.01 Å². The summed E-state index contributed by atoms with van der Waals surface area (Å²) >= 11 is 3.15. The van der Waals surface area contributed by atoms with E-state index >= 15 is 0 Å². The quantitative estimate of drug-likeness (QED) is 0.580. The minimum Gasteiger partial charge on any atom is -0.301 e. The molecule has 2 aromatic carbocycles. The van der Waals surface area contributed by atoms with E-state index in [0.717, 1.165) is 23.6 Å². The Morgan fingerprint density at radius 2 is 1.72 bits per heavy atom. The highest BCUT2D eigenvalue weighted by molar-refractivity contribution is 7.98. The molecule has 128 valence electrons. The van der Waals surface area contributed by atoms with E-state index in [9.17, 15) is 4.79 Å². The van der Waals surface area contributed by atoms with Crippen LogP contribution in [0.25, 0.3) is 0 Å². The molecule has 0 aliphatic heterocycles. The molecule has 0 unspecified atom stereocenters. The molecule has 1 amide bonds. The third kappa shape index (κ3) is 5.99. The van der Waals surface area contributed by atoms with Crippen molar-refractivity contribution in [3.05, 3.63) is 71.2 Å². The van der Waals surface area contributed by atoms with Gasteiger partial charge in [-0.3, -0.25) is 4.79 Å². The molecule has 1 heterocycles. The molecule has 1 N–H and O–H groups in total. The number of anilines is 1. The minimum atomic E-state index is -0.00524. The molecule has 1 aromatic heterocycles. The number of hydrogen-bond acceptors (Lipinski definition) is 5. The molecular weight excluding hydrogens is 350 g/mol. The summed E-state index contributed by atoms with van der Waals surface area (Å²) in [4.78, 5) is 13.2. The SMILES string of the molecule is O=C(CCCc1ccccc1)Nc1nnc(CSc2ccccc2)s1. The normalized spacial score (nSPS) is 10.6. The van der Waals surface area contributed by atoms with Crippen molar-refractivity contribution >= 4 is 34.1 Å². The van der Waals surface area contributed by atoms with Gasteiger partial charge in [0.15, 0.2) is 0 Å². The molecule has 3 aromatic rings. The zero-order valence-corrected chi connectivity index (χ0v) is 15.4. The standard InChI is InChI=1S/C19H19N3OS2/c23-17(13-7-10-15-8-3-1-4-9-15)20-19-22-21-18(25-19)14-24-16-11-5-2-6-12-16/h1-6,8-9,11-12H,7,10,13-14H2,(H,20,22,23). The molecule has 3 rings (SSSR count). The maximum atomic E-state index is 12.0. The first kappa shape index (κ1) is 17.6. The Morgan fingerprint density at radius 3 is 2.48 bits per heavy atom. The average molecular weight is 370 g/mol. The Labute approximate surface area is 155 Å². The molecule has 0 radical (unpaired) electrons. The number of aryl methyl sites for hydroxylation is 1. The summed E-state index contributed by atoms with van der Waals surface area (Å²) in [5.41, 5.74) is 1.26. The van der Waals surface area contributed by atoms with Gasteiger partial charge < -0.3 is 5.32 Å². The van der Waals surface area contributed by atoms with Gasteiger partial charge in [-0.15, -0.1) is 22.0 Å². The average Bonchev–Trinajstić information content (AvgIpc) is 3.09. The van der Waals surface area contributed by atoms with E-state index in [0.29, 0.717) is 11.6 Å². The number of amides is 1. The summed E-state index contributed by atoms with van der Waals surface area (Å²) in [6.45, 7) is 0. The van der Waals surface area contributed by atoms with Crippen LogP contribution in [0, 0.1) is 0 Å². The highest BCUT2D eigenvalue weighted by Crippen LogP contribution is 2.25. The molecule has 0 aliphatic rings. The number of benzene rings is 2. The summed E-state index contributed by atoms with van der Waals surface area (Å²) in [5.74, 6) is 0.750. The Bertz CT molecular complexity index is 791. The zero-order chi connectivity index (χ0) is 17.3. The Morgan fingerprint density at radius 1 is 1.00 bits per heavy atom.